The Morgan fingerprint density at radius 3 is 2.07 bits per heavy atom. The minimum Gasteiger partial charge on any atom is -0.459 e. The van der Waals surface area contributed by atoms with Crippen LogP contribution in [0.5, 0.6) is 0 Å². The summed E-state index contributed by atoms with van der Waals surface area (Å²) in [7, 11) is 0. The number of nitrogens with one attached hydrogen (secondary N) is 1. The van der Waals surface area contributed by atoms with Gasteiger partial charge in [-0.3, -0.25) is 9.69 Å². The van der Waals surface area contributed by atoms with E-state index >= 15 is 0 Å². The molecule has 0 aliphatic heterocycles. The van der Waals surface area contributed by atoms with Gasteiger partial charge < -0.3 is 19.5 Å². The van der Waals surface area contributed by atoms with Gasteiger partial charge in [0.15, 0.2) is 0 Å². The standard InChI is InChI=1S/C21H32N2O6/c1-20(2,3)28-18(25)22-12-13-23(19(26)29-21(4,5)6)14-17(24)27-15-16-10-8-7-9-11-16/h7-11H,12-15H2,1-6H3,(H,22,25). The molecule has 1 N–H and O–H groups in total. The van der Waals surface area contributed by atoms with E-state index in [4.69, 9.17) is 14.2 Å². The van der Waals surface area contributed by atoms with Gasteiger partial charge >= 0.3 is 18.2 Å². The molecule has 0 atom stereocenters. The van der Waals surface area contributed by atoms with Gasteiger partial charge in [-0.25, -0.2) is 9.59 Å². The van der Waals surface area contributed by atoms with Gasteiger partial charge in [0, 0.05) is 13.1 Å². The Kier molecular flexibility index (Phi) is 8.94. The number of carbonyl (C=O) groups is 3. The molecule has 0 saturated carbocycles. The smallest absolute Gasteiger partial charge is 0.410 e. The number of amides is 2. The maximum atomic E-state index is 12.4. The quantitative estimate of drug-likeness (QED) is 0.548. The Morgan fingerprint density at radius 2 is 1.52 bits per heavy atom. The summed E-state index contributed by atoms with van der Waals surface area (Å²) >= 11 is 0. The fourth-order valence-corrected chi connectivity index (χ4v) is 2.11. The van der Waals surface area contributed by atoms with E-state index in [0.29, 0.717) is 0 Å². The van der Waals surface area contributed by atoms with Gasteiger partial charge in [0.1, 0.15) is 24.4 Å². The van der Waals surface area contributed by atoms with Crippen LogP contribution < -0.4 is 5.32 Å². The van der Waals surface area contributed by atoms with Crippen LogP contribution in [0.2, 0.25) is 0 Å². The van der Waals surface area contributed by atoms with Gasteiger partial charge in [-0.1, -0.05) is 30.3 Å². The molecule has 162 valence electrons. The van der Waals surface area contributed by atoms with Crippen molar-refractivity contribution < 1.29 is 28.6 Å². The predicted octanol–water partition coefficient (Wildman–Crippen LogP) is 3.49. The molecular formula is C21H32N2O6. The summed E-state index contributed by atoms with van der Waals surface area (Å²) < 4.78 is 15.7. The summed E-state index contributed by atoms with van der Waals surface area (Å²) in [5.74, 6) is -0.572. The molecule has 29 heavy (non-hydrogen) atoms. The minimum atomic E-state index is -0.720. The van der Waals surface area contributed by atoms with Crippen LogP contribution in [0.25, 0.3) is 0 Å². The highest BCUT2D eigenvalue weighted by atomic mass is 16.6. The van der Waals surface area contributed by atoms with Gasteiger partial charge in [0.05, 0.1) is 0 Å². The molecule has 2 amide bonds. The second-order valence-electron chi connectivity index (χ2n) is 8.48. The van der Waals surface area contributed by atoms with E-state index in [1.807, 2.05) is 30.3 Å². The summed E-state index contributed by atoms with van der Waals surface area (Å²) in [5, 5.41) is 2.56. The van der Waals surface area contributed by atoms with Gasteiger partial charge in [0.25, 0.3) is 0 Å². The molecule has 0 spiro atoms. The predicted molar refractivity (Wildman–Crippen MR) is 108 cm³/mol. The van der Waals surface area contributed by atoms with Crippen molar-refractivity contribution >= 4 is 18.2 Å². The Labute approximate surface area is 172 Å². The number of esters is 1. The lowest BCUT2D eigenvalue weighted by Crippen LogP contribution is -2.44. The van der Waals surface area contributed by atoms with Crippen LogP contribution in [0.1, 0.15) is 47.1 Å². The summed E-state index contributed by atoms with van der Waals surface area (Å²) in [6.45, 7) is 10.4. The fourth-order valence-electron chi connectivity index (χ4n) is 2.11. The van der Waals surface area contributed by atoms with E-state index in [1.54, 1.807) is 41.5 Å². The number of benzene rings is 1. The molecule has 8 heteroatoms. The second kappa shape index (κ2) is 10.7. The maximum Gasteiger partial charge on any atom is 0.410 e. The van der Waals surface area contributed by atoms with Crippen molar-refractivity contribution in [3.8, 4) is 0 Å². The molecule has 0 aliphatic carbocycles. The number of ether oxygens (including phenoxy) is 3. The first-order valence-electron chi connectivity index (χ1n) is 9.50. The number of nitrogens with zero attached hydrogens (tertiary/aromatic N) is 1. The second-order valence-corrected chi connectivity index (χ2v) is 8.48. The monoisotopic (exact) mass is 408 g/mol. The van der Waals surface area contributed by atoms with Gasteiger partial charge in [-0.05, 0) is 47.1 Å². The van der Waals surface area contributed by atoms with Crippen LogP contribution in [0.4, 0.5) is 9.59 Å². The SMILES string of the molecule is CC(C)(C)OC(=O)NCCN(CC(=O)OCc1ccccc1)C(=O)OC(C)(C)C. The number of rotatable bonds is 7. The van der Waals surface area contributed by atoms with E-state index in [1.165, 1.54) is 4.90 Å². The lowest BCUT2D eigenvalue weighted by Gasteiger charge is -2.27. The first-order chi connectivity index (χ1) is 13.4. The van der Waals surface area contributed by atoms with Gasteiger partial charge in [-0.15, -0.1) is 0 Å². The molecule has 1 aromatic carbocycles. The van der Waals surface area contributed by atoms with Crippen LogP contribution in [-0.2, 0) is 25.6 Å². The number of carbonyl (C=O) groups excluding carboxylic acids is 3. The van der Waals surface area contributed by atoms with E-state index in [2.05, 4.69) is 5.32 Å². The highest BCUT2D eigenvalue weighted by molar-refractivity contribution is 5.78. The first-order valence-corrected chi connectivity index (χ1v) is 9.50. The molecular weight excluding hydrogens is 376 g/mol. The number of alkyl carbamates (subject to hydrolysis) is 1. The molecule has 0 heterocycles. The lowest BCUT2D eigenvalue weighted by atomic mass is 10.2. The largest absolute Gasteiger partial charge is 0.459 e. The average molecular weight is 408 g/mol. The van der Waals surface area contributed by atoms with Crippen molar-refractivity contribution in [2.45, 2.75) is 59.4 Å². The normalized spacial score (nSPS) is 11.4. The summed E-state index contributed by atoms with van der Waals surface area (Å²) in [5.41, 5.74) is -0.505. The summed E-state index contributed by atoms with van der Waals surface area (Å²) in [6.07, 6.45) is -1.27. The molecule has 0 unspecified atom stereocenters. The zero-order valence-electron chi connectivity index (χ0n) is 18.1. The lowest BCUT2D eigenvalue weighted by molar-refractivity contribution is -0.146. The Balaban J connectivity index is 2.61. The van der Waals surface area contributed by atoms with Crippen molar-refractivity contribution in [3.63, 3.8) is 0 Å². The van der Waals surface area contributed by atoms with Crippen molar-refractivity contribution in [1.29, 1.82) is 0 Å². The summed E-state index contributed by atoms with van der Waals surface area (Å²) in [4.78, 5) is 37.6. The third-order valence-electron chi connectivity index (χ3n) is 3.26. The van der Waals surface area contributed by atoms with Gasteiger partial charge in [0.2, 0.25) is 0 Å². The average Bonchev–Trinajstić information content (AvgIpc) is 2.57. The Hall–Kier alpha value is -2.77. The molecule has 0 radical (unpaired) electrons. The Bertz CT molecular complexity index is 677. The minimum absolute atomic E-state index is 0.0641. The zero-order chi connectivity index (χ0) is 22.1. The maximum absolute atomic E-state index is 12.4. The molecule has 0 aliphatic rings. The molecule has 0 fully saturated rings. The van der Waals surface area contributed by atoms with E-state index in [9.17, 15) is 14.4 Å². The van der Waals surface area contributed by atoms with Crippen molar-refractivity contribution in [2.24, 2.45) is 0 Å². The molecule has 0 aromatic heterocycles. The highest BCUT2D eigenvalue weighted by Gasteiger charge is 2.25. The number of hydrogen-bond donors (Lipinski definition) is 1. The first kappa shape index (κ1) is 24.3. The Morgan fingerprint density at radius 1 is 0.931 bits per heavy atom. The molecule has 1 aromatic rings. The molecule has 1 rings (SSSR count). The molecule has 0 saturated heterocycles. The van der Waals surface area contributed by atoms with E-state index in [0.717, 1.165) is 5.56 Å². The topological polar surface area (TPSA) is 94.2 Å². The molecule has 0 bridgehead atoms. The van der Waals surface area contributed by atoms with Crippen LogP contribution in [0.15, 0.2) is 30.3 Å². The third-order valence-corrected chi connectivity index (χ3v) is 3.26. The van der Waals surface area contributed by atoms with Crippen LogP contribution >= 0.6 is 0 Å². The van der Waals surface area contributed by atoms with Crippen LogP contribution in [0.3, 0.4) is 0 Å². The van der Waals surface area contributed by atoms with Crippen molar-refractivity contribution in [3.05, 3.63) is 35.9 Å². The van der Waals surface area contributed by atoms with Crippen LogP contribution in [-0.4, -0.2) is 53.9 Å². The van der Waals surface area contributed by atoms with Crippen molar-refractivity contribution in [2.75, 3.05) is 19.6 Å². The number of hydrogen-bond acceptors (Lipinski definition) is 6. The molecule has 8 nitrogen and oxygen atoms in total. The van der Waals surface area contributed by atoms with Crippen LogP contribution in [0, 0.1) is 0 Å². The fraction of sp³-hybridized carbons (Fsp3) is 0.571. The van der Waals surface area contributed by atoms with E-state index < -0.39 is 29.4 Å². The third kappa shape index (κ3) is 11.6. The van der Waals surface area contributed by atoms with E-state index in [-0.39, 0.29) is 26.2 Å². The zero-order valence-corrected chi connectivity index (χ0v) is 18.1. The van der Waals surface area contributed by atoms with Gasteiger partial charge in [-0.2, -0.15) is 0 Å². The van der Waals surface area contributed by atoms with Crippen molar-refractivity contribution in [1.82, 2.24) is 10.2 Å². The highest BCUT2D eigenvalue weighted by Crippen LogP contribution is 2.10. The summed E-state index contributed by atoms with van der Waals surface area (Å²) in [6, 6.07) is 9.23.